The van der Waals surface area contributed by atoms with Gasteiger partial charge in [-0.15, -0.1) is 0 Å². The van der Waals surface area contributed by atoms with Crippen molar-refractivity contribution in [1.29, 1.82) is 0 Å². The molecule has 0 fully saturated rings. The molecule has 1 N–H and O–H groups in total. The Kier molecular flexibility index (Phi) is 7.14. The van der Waals surface area contributed by atoms with Crippen LogP contribution in [-0.4, -0.2) is 35.9 Å². The fraction of sp³-hybridized carbons (Fsp3) is 0.300. The second-order valence-corrected chi connectivity index (χ2v) is 5.82. The third kappa shape index (κ3) is 5.58. The van der Waals surface area contributed by atoms with Crippen molar-refractivity contribution in [3.63, 3.8) is 0 Å². The van der Waals surface area contributed by atoms with Crippen LogP contribution in [0.4, 0.5) is 4.39 Å². The molecule has 5 nitrogen and oxygen atoms in total. The Morgan fingerprint density at radius 1 is 1.12 bits per heavy atom. The van der Waals surface area contributed by atoms with Gasteiger partial charge in [0.05, 0.1) is 0 Å². The molecule has 6 heteroatoms. The average Bonchev–Trinajstić information content (AvgIpc) is 2.66. The standard InChI is InChI=1S/C20H23FN2O3/c1-3-22-20(25)15(2)23(13-16-7-5-4-6-8-16)19(24)14-26-18-11-9-17(21)10-12-18/h4-12,15H,3,13-14H2,1-2H3,(H,22,25)/t15-/m0/s1. The Morgan fingerprint density at radius 2 is 1.77 bits per heavy atom. The van der Waals surface area contributed by atoms with Crippen molar-refractivity contribution >= 4 is 11.8 Å². The zero-order chi connectivity index (χ0) is 18.9. The predicted molar refractivity (Wildman–Crippen MR) is 97.0 cm³/mol. The molecule has 2 aromatic carbocycles. The fourth-order valence-corrected chi connectivity index (χ4v) is 2.44. The molecule has 0 aliphatic carbocycles. The molecule has 0 aliphatic heterocycles. The van der Waals surface area contributed by atoms with Gasteiger partial charge in [-0.1, -0.05) is 30.3 Å². The molecule has 1 atom stereocenters. The Balaban J connectivity index is 2.09. The van der Waals surface area contributed by atoms with Gasteiger partial charge in [0.15, 0.2) is 6.61 Å². The van der Waals surface area contributed by atoms with Crippen molar-refractivity contribution in [2.45, 2.75) is 26.4 Å². The van der Waals surface area contributed by atoms with Crippen LogP contribution in [0.5, 0.6) is 5.75 Å². The summed E-state index contributed by atoms with van der Waals surface area (Å²) in [5.41, 5.74) is 0.916. The first-order chi connectivity index (χ1) is 12.5. The predicted octanol–water partition coefficient (Wildman–Crippen LogP) is 2.76. The van der Waals surface area contributed by atoms with E-state index in [1.165, 1.54) is 29.2 Å². The number of nitrogens with zero attached hydrogens (tertiary/aromatic N) is 1. The number of nitrogens with one attached hydrogen (secondary N) is 1. The second kappa shape index (κ2) is 9.56. The van der Waals surface area contributed by atoms with Crippen LogP contribution in [-0.2, 0) is 16.1 Å². The van der Waals surface area contributed by atoms with Crippen LogP contribution in [0.3, 0.4) is 0 Å². The Labute approximate surface area is 152 Å². The van der Waals surface area contributed by atoms with Gasteiger partial charge in [-0.25, -0.2) is 4.39 Å². The zero-order valence-corrected chi connectivity index (χ0v) is 14.9. The number of rotatable bonds is 8. The molecule has 0 saturated heterocycles. The van der Waals surface area contributed by atoms with Gasteiger partial charge in [-0.3, -0.25) is 9.59 Å². The van der Waals surface area contributed by atoms with Crippen molar-refractivity contribution in [2.24, 2.45) is 0 Å². The van der Waals surface area contributed by atoms with E-state index in [2.05, 4.69) is 5.32 Å². The lowest BCUT2D eigenvalue weighted by molar-refractivity contribution is -0.142. The summed E-state index contributed by atoms with van der Waals surface area (Å²) >= 11 is 0. The molecule has 0 aliphatic rings. The fourth-order valence-electron chi connectivity index (χ4n) is 2.44. The minimum Gasteiger partial charge on any atom is -0.484 e. The van der Waals surface area contributed by atoms with Crippen molar-refractivity contribution in [3.8, 4) is 5.75 Å². The number of benzene rings is 2. The van der Waals surface area contributed by atoms with E-state index in [9.17, 15) is 14.0 Å². The normalized spacial score (nSPS) is 11.5. The third-order valence-corrected chi connectivity index (χ3v) is 3.89. The molecule has 138 valence electrons. The number of amides is 2. The molecule has 0 saturated carbocycles. The number of hydrogen-bond donors (Lipinski definition) is 1. The molecular formula is C20H23FN2O3. The molecule has 2 aromatic rings. The van der Waals surface area contributed by atoms with Crippen LogP contribution in [0.25, 0.3) is 0 Å². The summed E-state index contributed by atoms with van der Waals surface area (Å²) in [7, 11) is 0. The van der Waals surface area contributed by atoms with E-state index >= 15 is 0 Å². The average molecular weight is 358 g/mol. The Bertz CT molecular complexity index is 720. The minimum atomic E-state index is -0.639. The summed E-state index contributed by atoms with van der Waals surface area (Å²) in [4.78, 5) is 26.4. The number of likely N-dealkylation sites (N-methyl/N-ethyl adjacent to an activating group) is 1. The molecule has 26 heavy (non-hydrogen) atoms. The summed E-state index contributed by atoms with van der Waals surface area (Å²) in [6.45, 7) is 4.06. The van der Waals surface area contributed by atoms with Crippen LogP contribution in [0.1, 0.15) is 19.4 Å². The first-order valence-corrected chi connectivity index (χ1v) is 8.50. The van der Waals surface area contributed by atoms with Crippen molar-refractivity contribution in [1.82, 2.24) is 10.2 Å². The van der Waals surface area contributed by atoms with Crippen molar-refractivity contribution in [2.75, 3.05) is 13.2 Å². The van der Waals surface area contributed by atoms with Gasteiger partial charge in [0.25, 0.3) is 5.91 Å². The molecule has 0 aromatic heterocycles. The number of ether oxygens (including phenoxy) is 1. The number of halogens is 1. The summed E-state index contributed by atoms with van der Waals surface area (Å²) in [6, 6.07) is 14.2. The third-order valence-electron chi connectivity index (χ3n) is 3.89. The van der Waals surface area contributed by atoms with E-state index in [0.29, 0.717) is 18.8 Å². The molecule has 0 radical (unpaired) electrons. The van der Waals surface area contributed by atoms with Crippen molar-refractivity contribution in [3.05, 3.63) is 66.0 Å². The molecular weight excluding hydrogens is 335 g/mol. The van der Waals surface area contributed by atoms with E-state index in [1.807, 2.05) is 37.3 Å². The lowest BCUT2D eigenvalue weighted by Gasteiger charge is -2.28. The molecule has 0 unspecified atom stereocenters. The van der Waals surface area contributed by atoms with Crippen LogP contribution in [0.2, 0.25) is 0 Å². The van der Waals surface area contributed by atoms with E-state index < -0.39 is 6.04 Å². The maximum atomic E-state index is 12.9. The zero-order valence-electron chi connectivity index (χ0n) is 14.9. The number of carbonyl (C=O) groups is 2. The monoisotopic (exact) mass is 358 g/mol. The topological polar surface area (TPSA) is 58.6 Å². The van der Waals surface area contributed by atoms with Gasteiger partial charge in [0.1, 0.15) is 17.6 Å². The molecule has 2 rings (SSSR count). The van der Waals surface area contributed by atoms with Crippen LogP contribution in [0.15, 0.2) is 54.6 Å². The van der Waals surface area contributed by atoms with E-state index in [0.717, 1.165) is 5.56 Å². The number of carbonyl (C=O) groups excluding carboxylic acids is 2. The molecule has 0 bridgehead atoms. The van der Waals surface area contributed by atoms with Gasteiger partial charge in [0, 0.05) is 13.1 Å². The molecule has 0 spiro atoms. The highest BCUT2D eigenvalue weighted by molar-refractivity contribution is 5.87. The maximum absolute atomic E-state index is 12.9. The van der Waals surface area contributed by atoms with E-state index in [4.69, 9.17) is 4.74 Å². The summed E-state index contributed by atoms with van der Waals surface area (Å²) in [5.74, 6) is -0.528. The van der Waals surface area contributed by atoms with Crippen LogP contribution >= 0.6 is 0 Å². The van der Waals surface area contributed by atoms with Gasteiger partial charge in [-0.2, -0.15) is 0 Å². The SMILES string of the molecule is CCNC(=O)[C@H](C)N(Cc1ccccc1)C(=O)COc1ccc(F)cc1. The molecule has 2 amide bonds. The van der Waals surface area contributed by atoms with Gasteiger partial charge in [0.2, 0.25) is 5.91 Å². The van der Waals surface area contributed by atoms with Gasteiger partial charge < -0.3 is 15.0 Å². The smallest absolute Gasteiger partial charge is 0.261 e. The Morgan fingerprint density at radius 3 is 2.38 bits per heavy atom. The highest BCUT2D eigenvalue weighted by Gasteiger charge is 2.26. The lowest BCUT2D eigenvalue weighted by Crippen LogP contribution is -2.49. The Hall–Kier alpha value is -2.89. The summed E-state index contributed by atoms with van der Waals surface area (Å²) in [6.07, 6.45) is 0. The van der Waals surface area contributed by atoms with Crippen LogP contribution < -0.4 is 10.1 Å². The number of hydrogen-bond acceptors (Lipinski definition) is 3. The minimum absolute atomic E-state index is 0.224. The van der Waals surface area contributed by atoms with E-state index in [-0.39, 0.29) is 24.2 Å². The summed E-state index contributed by atoms with van der Waals surface area (Å²) in [5, 5.41) is 2.73. The molecule has 0 heterocycles. The first kappa shape index (κ1) is 19.4. The second-order valence-electron chi connectivity index (χ2n) is 5.82. The van der Waals surface area contributed by atoms with Crippen LogP contribution in [0, 0.1) is 5.82 Å². The highest BCUT2D eigenvalue weighted by Crippen LogP contribution is 2.13. The van der Waals surface area contributed by atoms with Crippen molar-refractivity contribution < 1.29 is 18.7 Å². The summed E-state index contributed by atoms with van der Waals surface area (Å²) < 4.78 is 18.4. The van der Waals surface area contributed by atoms with Gasteiger partial charge in [-0.05, 0) is 43.7 Å². The maximum Gasteiger partial charge on any atom is 0.261 e. The quantitative estimate of drug-likeness (QED) is 0.789. The lowest BCUT2D eigenvalue weighted by atomic mass is 10.1. The highest BCUT2D eigenvalue weighted by atomic mass is 19.1. The first-order valence-electron chi connectivity index (χ1n) is 8.50. The van der Waals surface area contributed by atoms with E-state index in [1.54, 1.807) is 6.92 Å². The largest absolute Gasteiger partial charge is 0.484 e. The van der Waals surface area contributed by atoms with Gasteiger partial charge >= 0.3 is 0 Å².